The molecule has 1 aromatic carbocycles. The van der Waals surface area contributed by atoms with E-state index in [0.717, 1.165) is 70.6 Å². The Morgan fingerprint density at radius 3 is 1.84 bits per heavy atom. The lowest BCUT2D eigenvalue weighted by Crippen LogP contribution is -2.45. The molecule has 3 N–H and O–H groups in total. The minimum Gasteiger partial charge on any atom is -0.494 e. The number of phosphoric ester groups is 1. The fourth-order valence-electron chi connectivity index (χ4n) is 6.48. The Kier molecular flexibility index (Phi) is 25.2. The number of nitrogens with zero attached hydrogens (tertiary/aromatic N) is 3. The number of likely N-dealkylation sites (N-methyl/N-ethyl adjacent to an activating group) is 1. The average Bonchev–Trinajstić information content (AvgIpc) is 3.98. The molecular weight excluding hydrogens is 772 g/mol. The maximum Gasteiger partial charge on any atom is 0.472 e. The first-order chi connectivity index (χ1) is 27.6. The molecule has 0 saturated heterocycles. The van der Waals surface area contributed by atoms with Crippen molar-refractivity contribution >= 4 is 13.7 Å². The smallest absolute Gasteiger partial charge is 0.472 e. The highest BCUT2D eigenvalue weighted by Crippen LogP contribution is 2.52. The highest BCUT2D eigenvalue weighted by atomic mass is 31.2. The third-order valence-corrected chi connectivity index (χ3v) is 11.3. The molecule has 1 heterocycles. The molecule has 11 nitrogen and oxygen atoms in total. The summed E-state index contributed by atoms with van der Waals surface area (Å²) in [7, 11) is 1.43. The van der Waals surface area contributed by atoms with Crippen molar-refractivity contribution in [2.45, 2.75) is 172 Å². The van der Waals surface area contributed by atoms with Gasteiger partial charge in [-0.25, -0.2) is 4.57 Å². The molecule has 1 aliphatic heterocycles. The zero-order valence-corrected chi connectivity index (χ0v) is 36.8. The highest BCUT2D eigenvalue weighted by Gasteiger charge is 2.65. The first kappa shape index (κ1) is 51.8. The van der Waals surface area contributed by atoms with Gasteiger partial charge in [0.15, 0.2) is 0 Å². The van der Waals surface area contributed by atoms with E-state index in [2.05, 4.69) is 22.5 Å². The number of amides is 1. The molecule has 0 radical (unpaired) electrons. The van der Waals surface area contributed by atoms with Crippen LogP contribution in [0.25, 0.3) is 0 Å². The second-order valence-corrected chi connectivity index (χ2v) is 18.2. The Morgan fingerprint density at radius 1 is 0.810 bits per heavy atom. The zero-order valence-electron chi connectivity index (χ0n) is 35.9. The lowest BCUT2D eigenvalue weighted by atomic mass is 10.0. The standard InChI is InChI=1S/C43H74F3N4O7P/c1-5-6-7-8-9-10-11-12-13-16-19-22-25-28-41(52)47-39(36-57-58(53,54)56-35-33-50(2,3)4)40(51)27-24-21-18-15-14-17-20-23-26-34-55-38-31-29-37(30-32-38)42(48-49-42)43(44,45)46/h24,27,29-32,39-40,51H,5-23,25-26,28,33-36H2,1-4H3,(H-,47,52,53,54)/p+1/b27-24-/t39-,40+/m0/s1. The van der Waals surface area contributed by atoms with E-state index in [9.17, 15) is 32.5 Å². The number of allylic oxidation sites excluding steroid dienone is 1. The number of phosphoric acid groups is 1. The second kappa shape index (κ2) is 28.2. The molecular formula is C43H75F3N4O7P+. The van der Waals surface area contributed by atoms with Gasteiger partial charge >= 0.3 is 19.7 Å². The van der Waals surface area contributed by atoms with Crippen LogP contribution in [0.4, 0.5) is 13.2 Å². The van der Waals surface area contributed by atoms with E-state index in [1.165, 1.54) is 88.5 Å². The summed E-state index contributed by atoms with van der Waals surface area (Å²) < 4.78 is 68.6. The zero-order chi connectivity index (χ0) is 42.8. The lowest BCUT2D eigenvalue weighted by molar-refractivity contribution is -0.870. The van der Waals surface area contributed by atoms with E-state index in [1.807, 2.05) is 27.2 Å². The molecule has 15 heteroatoms. The Morgan fingerprint density at radius 2 is 1.33 bits per heavy atom. The maximum atomic E-state index is 13.2. The van der Waals surface area contributed by atoms with Crippen LogP contribution in [-0.2, 0) is 24.1 Å². The van der Waals surface area contributed by atoms with Crippen LogP contribution in [0.3, 0.4) is 0 Å². The van der Waals surface area contributed by atoms with E-state index in [1.54, 1.807) is 6.08 Å². The van der Waals surface area contributed by atoms with Gasteiger partial charge in [-0.1, -0.05) is 140 Å². The number of benzene rings is 1. The quantitative estimate of drug-likeness (QED) is 0.0264. The molecule has 3 atom stereocenters. The van der Waals surface area contributed by atoms with E-state index in [4.69, 9.17) is 13.8 Å². The van der Waals surface area contributed by atoms with Crippen LogP contribution < -0.4 is 10.1 Å². The van der Waals surface area contributed by atoms with Crippen LogP contribution in [-0.4, -0.2) is 86.2 Å². The third kappa shape index (κ3) is 23.4. The van der Waals surface area contributed by atoms with Gasteiger partial charge in [0, 0.05) is 12.0 Å². The Hall–Kier alpha value is -2.35. The largest absolute Gasteiger partial charge is 0.494 e. The summed E-state index contributed by atoms with van der Waals surface area (Å²) in [6, 6.07) is 4.83. The molecule has 334 valence electrons. The average molecular weight is 848 g/mol. The Balaban J connectivity index is 1.63. The van der Waals surface area contributed by atoms with Gasteiger partial charge in [-0.2, -0.15) is 13.2 Å². The van der Waals surface area contributed by atoms with Gasteiger partial charge < -0.3 is 24.5 Å². The molecule has 0 aromatic heterocycles. The third-order valence-electron chi connectivity index (χ3n) is 10.3. The fraction of sp³-hybridized carbons (Fsp3) is 0.791. The number of alkyl halides is 3. The second-order valence-electron chi connectivity index (χ2n) is 16.7. The summed E-state index contributed by atoms with van der Waals surface area (Å²) in [6.07, 6.45) is 21.5. The van der Waals surface area contributed by atoms with Crippen molar-refractivity contribution in [2.75, 3.05) is 47.5 Å². The minimum atomic E-state index is -4.54. The van der Waals surface area contributed by atoms with Crippen molar-refractivity contribution in [1.82, 2.24) is 5.32 Å². The van der Waals surface area contributed by atoms with Gasteiger partial charge in [0.05, 0.1) is 46.5 Å². The molecule has 1 amide bonds. The van der Waals surface area contributed by atoms with Gasteiger partial charge in [0.2, 0.25) is 5.91 Å². The van der Waals surface area contributed by atoms with Crippen molar-refractivity contribution in [3.8, 4) is 5.75 Å². The molecule has 0 bridgehead atoms. The van der Waals surface area contributed by atoms with Crippen molar-refractivity contribution in [2.24, 2.45) is 10.2 Å². The number of rotatable bonds is 36. The van der Waals surface area contributed by atoms with Gasteiger partial charge in [-0.15, -0.1) is 10.2 Å². The molecule has 58 heavy (non-hydrogen) atoms. The van der Waals surface area contributed by atoms with Gasteiger partial charge in [-0.3, -0.25) is 13.8 Å². The number of carbonyl (C=O) groups excluding carboxylic acids is 1. The summed E-state index contributed by atoms with van der Waals surface area (Å²) in [5.74, 6) is 0.284. The molecule has 0 spiro atoms. The van der Waals surface area contributed by atoms with E-state index >= 15 is 0 Å². The number of carbonyl (C=O) groups is 1. The first-order valence-electron chi connectivity index (χ1n) is 21.9. The van der Waals surface area contributed by atoms with Crippen LogP contribution in [0, 0.1) is 0 Å². The maximum absolute atomic E-state index is 13.2. The normalized spacial score (nSPS) is 16.0. The van der Waals surface area contributed by atoms with Crippen LogP contribution in [0.1, 0.15) is 154 Å². The number of aliphatic hydroxyl groups is 1. The summed E-state index contributed by atoms with van der Waals surface area (Å²) in [5, 5.41) is 20.2. The van der Waals surface area contributed by atoms with Crippen LogP contribution in [0.15, 0.2) is 46.6 Å². The van der Waals surface area contributed by atoms with Gasteiger partial charge in [0.25, 0.3) is 0 Å². The Bertz CT molecular complexity index is 1350. The number of unbranched alkanes of at least 4 members (excludes halogenated alkanes) is 19. The van der Waals surface area contributed by atoms with Crippen molar-refractivity contribution in [3.05, 3.63) is 42.0 Å². The molecule has 1 aromatic rings. The van der Waals surface area contributed by atoms with Crippen molar-refractivity contribution < 1.29 is 50.8 Å². The molecule has 1 aliphatic rings. The number of aliphatic hydroxyl groups excluding tert-OH is 1. The minimum absolute atomic E-state index is 0.0139. The summed E-state index contributed by atoms with van der Waals surface area (Å²) in [6.45, 7) is 2.87. The number of hydrogen-bond acceptors (Lipinski definition) is 8. The van der Waals surface area contributed by atoms with Crippen LogP contribution in [0.5, 0.6) is 5.75 Å². The van der Waals surface area contributed by atoms with Crippen molar-refractivity contribution in [3.63, 3.8) is 0 Å². The van der Waals surface area contributed by atoms with Crippen molar-refractivity contribution in [1.29, 1.82) is 0 Å². The summed E-state index contributed by atoms with van der Waals surface area (Å²) >= 11 is 0. The SMILES string of the molecule is CCCCCCCCCCCCCCCC(=O)N[C@@H](COP(=O)(O)OCC[N+](C)(C)C)[C@H](O)/C=C\CCCCCCCCCOc1ccc(C2(C(F)(F)F)N=N2)cc1. The predicted molar refractivity (Wildman–Crippen MR) is 223 cm³/mol. The van der Waals surface area contributed by atoms with Crippen LogP contribution in [0.2, 0.25) is 0 Å². The molecule has 0 saturated carbocycles. The topological polar surface area (TPSA) is 139 Å². The summed E-state index contributed by atoms with van der Waals surface area (Å²) in [5.41, 5.74) is -2.43. The van der Waals surface area contributed by atoms with Crippen LogP contribution >= 0.6 is 7.82 Å². The van der Waals surface area contributed by atoms with E-state index in [0.29, 0.717) is 29.8 Å². The number of nitrogens with one attached hydrogen (secondary N) is 1. The molecule has 0 aliphatic carbocycles. The Labute approximate surface area is 346 Å². The number of quaternary nitrogens is 1. The van der Waals surface area contributed by atoms with Gasteiger partial charge in [0.1, 0.15) is 18.9 Å². The predicted octanol–water partition coefficient (Wildman–Crippen LogP) is 11.1. The van der Waals surface area contributed by atoms with E-state index < -0.39 is 31.8 Å². The van der Waals surface area contributed by atoms with Gasteiger partial charge in [-0.05, 0) is 37.8 Å². The number of halogens is 3. The first-order valence-corrected chi connectivity index (χ1v) is 23.4. The number of ether oxygens (including phenoxy) is 1. The number of hydrogen-bond donors (Lipinski definition) is 3. The summed E-state index contributed by atoms with van der Waals surface area (Å²) in [4.78, 5) is 23.1. The van der Waals surface area contributed by atoms with E-state index in [-0.39, 0.29) is 24.7 Å². The fourth-order valence-corrected chi connectivity index (χ4v) is 7.22. The molecule has 2 rings (SSSR count). The monoisotopic (exact) mass is 848 g/mol. The molecule has 1 unspecified atom stereocenters. The molecule has 0 fully saturated rings. The highest BCUT2D eigenvalue weighted by molar-refractivity contribution is 7.47. The lowest BCUT2D eigenvalue weighted by Gasteiger charge is -2.25.